The Labute approximate surface area is 82.0 Å². The van der Waals surface area contributed by atoms with Gasteiger partial charge in [-0.05, 0) is 6.42 Å². The van der Waals surface area contributed by atoms with E-state index in [-0.39, 0.29) is 0 Å². The predicted molar refractivity (Wildman–Crippen MR) is 56.2 cm³/mol. The van der Waals surface area contributed by atoms with E-state index in [4.69, 9.17) is 4.74 Å². The zero-order valence-corrected chi connectivity index (χ0v) is 9.60. The minimum atomic E-state index is 0.849. The lowest BCUT2D eigenvalue weighted by molar-refractivity contribution is -0.827. The normalized spacial score (nSPS) is 33.2. The zero-order chi connectivity index (χ0) is 9.61. The zero-order valence-electron chi connectivity index (χ0n) is 8.71. The number of rotatable bonds is 3. The van der Waals surface area contributed by atoms with Crippen LogP contribution in [0, 0.1) is 5.92 Å². The van der Waals surface area contributed by atoms with Gasteiger partial charge in [-0.1, -0.05) is 13.8 Å². The fourth-order valence-corrected chi connectivity index (χ4v) is 1.99. The summed E-state index contributed by atoms with van der Waals surface area (Å²) in [4.78, 5) is 0. The van der Waals surface area contributed by atoms with Gasteiger partial charge in [-0.15, -0.1) is 0 Å². The molecule has 12 heavy (non-hydrogen) atoms. The van der Waals surface area contributed by atoms with E-state index in [1.165, 1.54) is 19.5 Å². The van der Waals surface area contributed by atoms with Crippen LogP contribution in [0.25, 0.3) is 0 Å². The summed E-state index contributed by atoms with van der Waals surface area (Å²) < 4.78 is 5.88. The van der Waals surface area contributed by atoms with E-state index in [9.17, 15) is 0 Å². The molecule has 0 saturated carbocycles. The Bertz CT molecular complexity index is 109. The quantitative estimate of drug-likeness (QED) is 0.531. The Morgan fingerprint density at radius 1 is 1.42 bits per heavy atom. The van der Waals surface area contributed by atoms with Crippen molar-refractivity contribution in [3.05, 3.63) is 0 Å². The number of hydrogen-bond acceptors (Lipinski definition) is 2. The fraction of sp³-hybridized carbons (Fsp3) is 1.00. The van der Waals surface area contributed by atoms with E-state index in [0.717, 1.165) is 16.4 Å². The molecule has 1 fully saturated rings. The summed E-state index contributed by atoms with van der Waals surface area (Å²) in [6.45, 7) is 7.30. The standard InChI is InChI=1S/C7H16NOS.C2H6/c1-8(10)5-7(6-8)3-4-9-2;1-2/h7,10H,3-6H2,1-2H3;1-2H3/q+1;. The molecule has 0 spiro atoms. The van der Waals surface area contributed by atoms with Crippen LogP contribution in [0.1, 0.15) is 20.3 Å². The lowest BCUT2D eigenvalue weighted by Gasteiger charge is -2.42. The summed E-state index contributed by atoms with van der Waals surface area (Å²) in [6.07, 6.45) is 1.20. The molecular formula is C9H22NOS+. The van der Waals surface area contributed by atoms with Crippen molar-refractivity contribution >= 4 is 12.8 Å². The first-order valence-electron chi connectivity index (χ1n) is 4.70. The molecule has 2 nitrogen and oxygen atoms in total. The van der Waals surface area contributed by atoms with Gasteiger partial charge >= 0.3 is 0 Å². The van der Waals surface area contributed by atoms with E-state index < -0.39 is 0 Å². The summed E-state index contributed by atoms with van der Waals surface area (Å²) in [5.74, 6) is 0.849. The summed E-state index contributed by atoms with van der Waals surface area (Å²) in [7, 11) is 3.90. The molecule has 1 heterocycles. The molecule has 1 aliphatic heterocycles. The van der Waals surface area contributed by atoms with Gasteiger partial charge in [0.2, 0.25) is 0 Å². The highest BCUT2D eigenvalue weighted by molar-refractivity contribution is 7.74. The molecular weight excluding hydrogens is 170 g/mol. The number of quaternary nitrogens is 1. The molecule has 0 N–H and O–H groups in total. The number of ether oxygens (including phenoxy) is 1. The number of hydrogen-bond donors (Lipinski definition) is 1. The van der Waals surface area contributed by atoms with Gasteiger partial charge in [-0.25, -0.2) is 0 Å². The van der Waals surface area contributed by atoms with Crippen molar-refractivity contribution in [2.75, 3.05) is 33.9 Å². The number of nitrogens with zero attached hydrogens (tertiary/aromatic N) is 1. The van der Waals surface area contributed by atoms with E-state index in [2.05, 4.69) is 19.9 Å². The SMILES string of the molecule is CC.COCCC1C[N+](C)(S)C1. The summed E-state index contributed by atoms with van der Waals surface area (Å²) >= 11 is 4.42. The van der Waals surface area contributed by atoms with E-state index in [1.54, 1.807) is 7.11 Å². The summed E-state index contributed by atoms with van der Waals surface area (Å²) in [5, 5.41) is 0. The maximum absolute atomic E-state index is 4.98. The van der Waals surface area contributed by atoms with Crippen LogP contribution < -0.4 is 0 Å². The molecule has 0 amide bonds. The largest absolute Gasteiger partial charge is 0.385 e. The average molecular weight is 192 g/mol. The van der Waals surface area contributed by atoms with Crippen molar-refractivity contribution < 1.29 is 8.63 Å². The van der Waals surface area contributed by atoms with Crippen LogP contribution in [0.15, 0.2) is 0 Å². The highest BCUT2D eigenvalue weighted by Crippen LogP contribution is 2.27. The lowest BCUT2D eigenvalue weighted by Crippen LogP contribution is -2.54. The Balaban J connectivity index is 0.000000561. The molecule has 3 heteroatoms. The van der Waals surface area contributed by atoms with Crippen molar-refractivity contribution in [2.24, 2.45) is 5.92 Å². The van der Waals surface area contributed by atoms with Gasteiger partial charge in [0, 0.05) is 13.7 Å². The smallest absolute Gasteiger partial charge is 0.0972 e. The molecule has 1 rings (SSSR count). The maximum atomic E-state index is 4.98. The first kappa shape index (κ1) is 12.3. The van der Waals surface area contributed by atoms with Gasteiger partial charge in [0.15, 0.2) is 0 Å². The second kappa shape index (κ2) is 5.84. The van der Waals surface area contributed by atoms with Crippen LogP contribution in [0.3, 0.4) is 0 Å². The molecule has 0 radical (unpaired) electrons. The first-order chi connectivity index (χ1) is 5.64. The molecule has 0 aliphatic carbocycles. The van der Waals surface area contributed by atoms with Crippen LogP contribution >= 0.6 is 12.8 Å². The van der Waals surface area contributed by atoms with E-state index in [1.807, 2.05) is 13.8 Å². The molecule has 0 bridgehead atoms. The van der Waals surface area contributed by atoms with Gasteiger partial charge in [0.1, 0.15) is 0 Å². The molecule has 0 aromatic rings. The second-order valence-electron chi connectivity index (χ2n) is 3.35. The van der Waals surface area contributed by atoms with Gasteiger partial charge in [0.05, 0.1) is 38.9 Å². The molecule has 0 aromatic heterocycles. The fourth-order valence-electron chi connectivity index (χ4n) is 1.53. The third-order valence-electron chi connectivity index (χ3n) is 2.03. The van der Waals surface area contributed by atoms with E-state index in [0.29, 0.717) is 0 Å². The van der Waals surface area contributed by atoms with Crippen molar-refractivity contribution in [3.63, 3.8) is 0 Å². The Morgan fingerprint density at radius 3 is 2.25 bits per heavy atom. The Hall–Kier alpha value is 0.270. The van der Waals surface area contributed by atoms with Crippen molar-refractivity contribution in [1.82, 2.24) is 0 Å². The molecule has 0 aromatic carbocycles. The maximum Gasteiger partial charge on any atom is 0.0972 e. The Morgan fingerprint density at radius 2 is 1.92 bits per heavy atom. The summed E-state index contributed by atoms with van der Waals surface area (Å²) in [6, 6.07) is 0. The molecule has 0 unspecified atom stereocenters. The number of methoxy groups -OCH3 is 1. The Kier molecular flexibility index (Phi) is 5.97. The van der Waals surface area contributed by atoms with Gasteiger partial charge in [-0.3, -0.25) is 3.89 Å². The van der Waals surface area contributed by atoms with Crippen molar-refractivity contribution in [2.45, 2.75) is 20.3 Å². The van der Waals surface area contributed by atoms with Gasteiger partial charge in [0.25, 0.3) is 0 Å². The van der Waals surface area contributed by atoms with E-state index >= 15 is 0 Å². The third-order valence-corrected chi connectivity index (χ3v) is 2.36. The molecule has 1 aliphatic rings. The third kappa shape index (κ3) is 4.33. The number of thiol groups is 1. The molecule has 0 atom stereocenters. The lowest BCUT2D eigenvalue weighted by atomic mass is 9.98. The van der Waals surface area contributed by atoms with Crippen LogP contribution in [0.2, 0.25) is 0 Å². The van der Waals surface area contributed by atoms with Gasteiger partial charge < -0.3 is 4.74 Å². The summed E-state index contributed by atoms with van der Waals surface area (Å²) in [5.41, 5.74) is 0. The van der Waals surface area contributed by atoms with Crippen LogP contribution in [0.5, 0.6) is 0 Å². The van der Waals surface area contributed by atoms with Crippen LogP contribution in [-0.2, 0) is 4.74 Å². The van der Waals surface area contributed by atoms with Crippen molar-refractivity contribution in [1.29, 1.82) is 0 Å². The first-order valence-corrected chi connectivity index (χ1v) is 5.10. The van der Waals surface area contributed by atoms with Gasteiger partial charge in [-0.2, -0.15) is 0 Å². The number of likely N-dealkylation sites (tertiary alicyclic amines) is 1. The highest BCUT2D eigenvalue weighted by Gasteiger charge is 2.37. The highest BCUT2D eigenvalue weighted by atomic mass is 32.1. The monoisotopic (exact) mass is 192 g/mol. The minimum Gasteiger partial charge on any atom is -0.385 e. The average Bonchev–Trinajstić information content (AvgIpc) is 2.01. The minimum absolute atomic E-state index is 0.849. The van der Waals surface area contributed by atoms with Crippen molar-refractivity contribution in [3.8, 4) is 0 Å². The predicted octanol–water partition coefficient (Wildman–Crippen LogP) is 1.97. The molecule has 74 valence electrons. The second-order valence-corrected chi connectivity index (χ2v) is 4.32. The molecule has 1 saturated heterocycles. The van der Waals surface area contributed by atoms with Crippen LogP contribution in [0.4, 0.5) is 0 Å². The topological polar surface area (TPSA) is 9.23 Å². The van der Waals surface area contributed by atoms with Crippen LogP contribution in [-0.4, -0.2) is 37.7 Å².